The van der Waals surface area contributed by atoms with Crippen molar-refractivity contribution in [3.05, 3.63) is 18.1 Å². The molecule has 1 saturated carbocycles. The van der Waals surface area contributed by atoms with Gasteiger partial charge in [0.25, 0.3) is 5.88 Å². The summed E-state index contributed by atoms with van der Waals surface area (Å²) in [5, 5.41) is 0. The lowest BCUT2D eigenvalue weighted by molar-refractivity contribution is 0.203. The summed E-state index contributed by atoms with van der Waals surface area (Å²) in [5.41, 5.74) is 0. The van der Waals surface area contributed by atoms with E-state index in [4.69, 9.17) is 9.47 Å². The molecule has 0 aromatic carbocycles. The zero-order valence-electron chi connectivity index (χ0n) is 8.87. The predicted octanol–water partition coefficient (Wildman–Crippen LogP) is 2.55. The van der Waals surface area contributed by atoms with E-state index in [1.165, 1.54) is 12.3 Å². The lowest BCUT2D eigenvalue weighted by Crippen LogP contribution is -2.10. The molecule has 2 rings (SSSR count). The van der Waals surface area contributed by atoms with Crippen LogP contribution in [0.5, 0.6) is 11.6 Å². The number of nitrogens with zero attached hydrogens (tertiary/aromatic N) is 1. The van der Waals surface area contributed by atoms with E-state index in [0.29, 0.717) is 0 Å². The van der Waals surface area contributed by atoms with Crippen LogP contribution in [0.15, 0.2) is 12.3 Å². The molecular formula is C11H14FNO2. The van der Waals surface area contributed by atoms with Crippen LogP contribution in [0.1, 0.15) is 26.7 Å². The van der Waals surface area contributed by atoms with Crippen LogP contribution in [-0.4, -0.2) is 17.2 Å². The molecule has 0 atom stereocenters. The molecule has 3 nitrogen and oxygen atoms in total. The highest BCUT2D eigenvalue weighted by Gasteiger charge is 2.27. The van der Waals surface area contributed by atoms with Crippen LogP contribution >= 0.6 is 0 Å². The van der Waals surface area contributed by atoms with Crippen LogP contribution in [0.3, 0.4) is 0 Å². The monoisotopic (exact) mass is 211 g/mol. The maximum Gasteiger partial charge on any atom is 0.260 e. The highest BCUT2D eigenvalue weighted by Crippen LogP contribution is 2.34. The zero-order valence-corrected chi connectivity index (χ0v) is 8.87. The molecule has 0 amide bonds. The Balaban J connectivity index is 2.21. The summed E-state index contributed by atoms with van der Waals surface area (Å²) in [6, 6.07) is 1.28. The molecule has 0 spiro atoms. The summed E-state index contributed by atoms with van der Waals surface area (Å²) in [5.74, 6) is -0.0156. The third-order valence-corrected chi connectivity index (χ3v) is 1.98. The Hall–Kier alpha value is -1.32. The molecule has 0 aliphatic heterocycles. The number of hydrogen-bond acceptors (Lipinski definition) is 3. The van der Waals surface area contributed by atoms with Gasteiger partial charge in [0, 0.05) is 6.20 Å². The van der Waals surface area contributed by atoms with E-state index in [1.807, 2.05) is 13.8 Å². The van der Waals surface area contributed by atoms with E-state index >= 15 is 0 Å². The van der Waals surface area contributed by atoms with Crippen molar-refractivity contribution in [3.8, 4) is 11.6 Å². The third kappa shape index (κ3) is 2.58. The van der Waals surface area contributed by atoms with Crippen molar-refractivity contribution < 1.29 is 13.9 Å². The van der Waals surface area contributed by atoms with E-state index in [2.05, 4.69) is 4.98 Å². The van der Waals surface area contributed by atoms with Crippen molar-refractivity contribution in [1.29, 1.82) is 0 Å². The Kier molecular flexibility index (Phi) is 2.75. The van der Waals surface area contributed by atoms with Gasteiger partial charge in [-0.1, -0.05) is 0 Å². The lowest BCUT2D eigenvalue weighted by Gasteiger charge is -2.13. The fourth-order valence-electron chi connectivity index (χ4n) is 1.17. The SMILES string of the molecule is CC(C)Oc1nccc(F)c1OC1CC1. The summed E-state index contributed by atoms with van der Waals surface area (Å²) in [6.45, 7) is 3.74. The summed E-state index contributed by atoms with van der Waals surface area (Å²) < 4.78 is 24.2. The fraction of sp³-hybridized carbons (Fsp3) is 0.545. The highest BCUT2D eigenvalue weighted by molar-refractivity contribution is 5.35. The highest BCUT2D eigenvalue weighted by atomic mass is 19.1. The topological polar surface area (TPSA) is 31.4 Å². The number of aromatic nitrogens is 1. The lowest BCUT2D eigenvalue weighted by atomic mass is 10.4. The molecule has 0 saturated heterocycles. The van der Waals surface area contributed by atoms with E-state index in [1.54, 1.807) is 0 Å². The molecule has 0 radical (unpaired) electrons. The van der Waals surface area contributed by atoms with Gasteiger partial charge < -0.3 is 9.47 Å². The second kappa shape index (κ2) is 4.04. The fourth-order valence-corrected chi connectivity index (χ4v) is 1.17. The van der Waals surface area contributed by atoms with Crippen LogP contribution in [0.25, 0.3) is 0 Å². The van der Waals surface area contributed by atoms with Gasteiger partial charge in [-0.3, -0.25) is 0 Å². The van der Waals surface area contributed by atoms with Gasteiger partial charge >= 0.3 is 0 Å². The van der Waals surface area contributed by atoms with Crippen molar-refractivity contribution in [1.82, 2.24) is 4.98 Å². The maximum absolute atomic E-state index is 13.4. The van der Waals surface area contributed by atoms with Gasteiger partial charge in [0.15, 0.2) is 5.82 Å². The molecule has 1 aromatic rings. The van der Waals surface area contributed by atoms with Gasteiger partial charge in [0.1, 0.15) is 0 Å². The van der Waals surface area contributed by atoms with Crippen LogP contribution < -0.4 is 9.47 Å². The minimum Gasteiger partial charge on any atom is -0.482 e. The van der Waals surface area contributed by atoms with Crippen LogP contribution in [0, 0.1) is 5.82 Å². The Morgan fingerprint density at radius 1 is 1.47 bits per heavy atom. The van der Waals surface area contributed by atoms with Crippen molar-refractivity contribution in [2.75, 3.05) is 0 Å². The van der Waals surface area contributed by atoms with Crippen LogP contribution in [0.4, 0.5) is 4.39 Å². The normalized spacial score (nSPS) is 15.5. The first-order valence-electron chi connectivity index (χ1n) is 5.14. The van der Waals surface area contributed by atoms with Crippen molar-refractivity contribution in [2.45, 2.75) is 38.9 Å². The number of ether oxygens (including phenoxy) is 2. The number of hydrogen-bond donors (Lipinski definition) is 0. The first-order valence-corrected chi connectivity index (χ1v) is 5.14. The third-order valence-electron chi connectivity index (χ3n) is 1.98. The second-order valence-corrected chi connectivity index (χ2v) is 3.91. The summed E-state index contributed by atoms with van der Waals surface area (Å²) in [6.07, 6.45) is 3.44. The molecule has 1 aliphatic carbocycles. The summed E-state index contributed by atoms with van der Waals surface area (Å²) >= 11 is 0. The molecule has 1 fully saturated rings. The molecule has 82 valence electrons. The Labute approximate surface area is 88.2 Å². The Bertz CT molecular complexity index is 350. The van der Waals surface area contributed by atoms with Gasteiger partial charge in [-0.2, -0.15) is 0 Å². The first kappa shape index (κ1) is 10.2. The van der Waals surface area contributed by atoms with Gasteiger partial charge in [-0.05, 0) is 32.8 Å². The van der Waals surface area contributed by atoms with E-state index in [0.717, 1.165) is 12.8 Å². The largest absolute Gasteiger partial charge is 0.482 e. The minimum atomic E-state index is -0.410. The van der Waals surface area contributed by atoms with Gasteiger partial charge in [0.05, 0.1) is 12.2 Å². The Morgan fingerprint density at radius 3 is 2.80 bits per heavy atom. The van der Waals surface area contributed by atoms with Gasteiger partial charge in [-0.15, -0.1) is 0 Å². The first-order chi connectivity index (χ1) is 7.16. The average Bonchev–Trinajstić information content (AvgIpc) is 2.94. The van der Waals surface area contributed by atoms with Gasteiger partial charge in [0.2, 0.25) is 5.75 Å². The summed E-state index contributed by atoms with van der Waals surface area (Å²) in [7, 11) is 0. The molecule has 1 aromatic heterocycles. The van der Waals surface area contributed by atoms with Crippen LogP contribution in [0.2, 0.25) is 0 Å². The van der Waals surface area contributed by atoms with Crippen LogP contribution in [-0.2, 0) is 0 Å². The smallest absolute Gasteiger partial charge is 0.260 e. The molecular weight excluding hydrogens is 197 g/mol. The van der Waals surface area contributed by atoms with Crippen molar-refractivity contribution in [2.24, 2.45) is 0 Å². The van der Waals surface area contributed by atoms with Crippen molar-refractivity contribution in [3.63, 3.8) is 0 Å². The second-order valence-electron chi connectivity index (χ2n) is 3.91. The molecule has 1 heterocycles. The zero-order chi connectivity index (χ0) is 10.8. The average molecular weight is 211 g/mol. The molecule has 0 N–H and O–H groups in total. The van der Waals surface area contributed by atoms with E-state index < -0.39 is 5.82 Å². The summed E-state index contributed by atoms with van der Waals surface area (Å²) in [4.78, 5) is 3.97. The van der Waals surface area contributed by atoms with Crippen molar-refractivity contribution >= 4 is 0 Å². The minimum absolute atomic E-state index is 0.0409. The number of halogens is 1. The molecule has 0 bridgehead atoms. The molecule has 0 unspecified atom stereocenters. The standard InChI is InChI=1S/C11H14FNO2/c1-7(2)14-11-10(15-8-3-4-8)9(12)5-6-13-11/h5-8H,3-4H2,1-2H3. The van der Waals surface area contributed by atoms with E-state index in [9.17, 15) is 4.39 Å². The molecule has 4 heteroatoms. The Morgan fingerprint density at radius 2 is 2.20 bits per heavy atom. The molecule has 15 heavy (non-hydrogen) atoms. The predicted molar refractivity (Wildman–Crippen MR) is 53.6 cm³/mol. The molecule has 1 aliphatic rings. The van der Waals surface area contributed by atoms with Gasteiger partial charge in [-0.25, -0.2) is 9.37 Å². The maximum atomic E-state index is 13.4. The quantitative estimate of drug-likeness (QED) is 0.767. The number of rotatable bonds is 4. The number of pyridine rings is 1. The van der Waals surface area contributed by atoms with E-state index in [-0.39, 0.29) is 23.8 Å².